The zero-order chi connectivity index (χ0) is 20.1. The van der Waals surface area contributed by atoms with Crippen molar-refractivity contribution in [2.24, 2.45) is 0 Å². The van der Waals surface area contributed by atoms with Crippen molar-refractivity contribution in [1.29, 1.82) is 0 Å². The molecule has 28 heavy (non-hydrogen) atoms. The summed E-state index contributed by atoms with van der Waals surface area (Å²) in [5.74, 6) is -0.668. The van der Waals surface area contributed by atoms with Gasteiger partial charge in [-0.3, -0.25) is 4.79 Å². The molecule has 3 rings (SSSR count). The van der Waals surface area contributed by atoms with Crippen LogP contribution in [0.4, 0.5) is 4.39 Å². The van der Waals surface area contributed by atoms with Gasteiger partial charge in [0.05, 0.1) is 30.1 Å². The number of carbonyl (C=O) groups is 1. The first-order chi connectivity index (χ1) is 13.4. The molecule has 2 N–H and O–H groups in total. The molecule has 1 fully saturated rings. The van der Waals surface area contributed by atoms with Crippen LogP contribution in [0, 0.1) is 5.82 Å². The molecule has 1 amide bonds. The largest absolute Gasteiger partial charge is 0.394 e. The third-order valence-corrected chi connectivity index (χ3v) is 6.40. The van der Waals surface area contributed by atoms with Crippen molar-refractivity contribution in [3.63, 3.8) is 0 Å². The van der Waals surface area contributed by atoms with Crippen molar-refractivity contribution in [2.75, 3.05) is 19.7 Å². The van der Waals surface area contributed by atoms with Gasteiger partial charge in [0.2, 0.25) is 15.9 Å². The number of aliphatic hydroxyl groups excluding tert-OH is 1. The Morgan fingerprint density at radius 1 is 1.25 bits per heavy atom. The van der Waals surface area contributed by atoms with Crippen LogP contribution in [0.5, 0.6) is 0 Å². The van der Waals surface area contributed by atoms with E-state index in [1.54, 1.807) is 12.2 Å². The van der Waals surface area contributed by atoms with Crippen molar-refractivity contribution in [3.8, 4) is 0 Å². The number of piperidine rings is 1. The molecule has 1 aromatic rings. The summed E-state index contributed by atoms with van der Waals surface area (Å²) in [6.07, 6.45) is 5.11. The SMILES string of the molecule is O=C(C[C@H]1C=C[C@@H](NS(=O)(=O)c2cccc(F)c2)[C@@H](CO)O1)N1CCCCC1. The van der Waals surface area contributed by atoms with Crippen molar-refractivity contribution in [3.05, 3.63) is 42.2 Å². The zero-order valence-electron chi connectivity index (χ0n) is 15.5. The summed E-state index contributed by atoms with van der Waals surface area (Å²) >= 11 is 0. The smallest absolute Gasteiger partial charge is 0.241 e. The summed E-state index contributed by atoms with van der Waals surface area (Å²) in [6, 6.07) is 3.85. The highest BCUT2D eigenvalue weighted by atomic mass is 32.2. The van der Waals surface area contributed by atoms with E-state index in [2.05, 4.69) is 4.72 Å². The molecule has 9 heteroatoms. The van der Waals surface area contributed by atoms with E-state index in [0.29, 0.717) is 0 Å². The van der Waals surface area contributed by atoms with Gasteiger partial charge in [-0.15, -0.1) is 0 Å². The molecule has 2 aliphatic heterocycles. The van der Waals surface area contributed by atoms with Crippen LogP contribution >= 0.6 is 0 Å². The van der Waals surface area contributed by atoms with Crippen molar-refractivity contribution in [1.82, 2.24) is 9.62 Å². The van der Waals surface area contributed by atoms with Gasteiger partial charge in [-0.1, -0.05) is 18.2 Å². The van der Waals surface area contributed by atoms with Gasteiger partial charge in [-0.05, 0) is 37.5 Å². The van der Waals surface area contributed by atoms with E-state index in [-0.39, 0.29) is 17.2 Å². The maximum absolute atomic E-state index is 13.3. The minimum Gasteiger partial charge on any atom is -0.394 e. The van der Waals surface area contributed by atoms with E-state index in [4.69, 9.17) is 4.74 Å². The van der Waals surface area contributed by atoms with Crippen LogP contribution in [0.25, 0.3) is 0 Å². The van der Waals surface area contributed by atoms with Gasteiger partial charge >= 0.3 is 0 Å². The molecule has 0 unspecified atom stereocenters. The molecule has 0 saturated carbocycles. The van der Waals surface area contributed by atoms with Crippen LogP contribution in [0.2, 0.25) is 0 Å². The van der Waals surface area contributed by atoms with Gasteiger partial charge in [-0.2, -0.15) is 0 Å². The minimum absolute atomic E-state index is 0.00942. The summed E-state index contributed by atoms with van der Waals surface area (Å²) in [6.45, 7) is 1.07. The first kappa shape index (κ1) is 20.9. The fraction of sp³-hybridized carbons (Fsp3) is 0.526. The summed E-state index contributed by atoms with van der Waals surface area (Å²) in [4.78, 5) is 14.0. The second kappa shape index (κ2) is 9.13. The minimum atomic E-state index is -3.99. The number of likely N-dealkylation sites (tertiary alicyclic amines) is 1. The van der Waals surface area contributed by atoms with E-state index < -0.39 is 40.7 Å². The normalized spacial score (nSPS) is 25.6. The number of benzene rings is 1. The van der Waals surface area contributed by atoms with E-state index >= 15 is 0 Å². The Bertz CT molecular complexity index is 823. The molecule has 1 aromatic carbocycles. The molecule has 0 radical (unpaired) electrons. The van der Waals surface area contributed by atoms with Gasteiger partial charge in [-0.25, -0.2) is 17.5 Å². The third-order valence-electron chi connectivity index (χ3n) is 4.95. The van der Waals surface area contributed by atoms with Crippen LogP contribution in [0.1, 0.15) is 25.7 Å². The van der Waals surface area contributed by atoms with Crippen molar-refractivity contribution >= 4 is 15.9 Å². The fourth-order valence-electron chi connectivity index (χ4n) is 3.44. The summed E-state index contributed by atoms with van der Waals surface area (Å²) < 4.78 is 46.4. The second-order valence-electron chi connectivity index (χ2n) is 7.03. The molecular formula is C19H25FN2O5S. The molecule has 2 heterocycles. The number of aliphatic hydroxyl groups is 1. The highest BCUT2D eigenvalue weighted by Gasteiger charge is 2.32. The Morgan fingerprint density at radius 3 is 2.68 bits per heavy atom. The molecule has 2 aliphatic rings. The lowest BCUT2D eigenvalue weighted by Gasteiger charge is -2.33. The second-order valence-corrected chi connectivity index (χ2v) is 8.74. The maximum atomic E-state index is 13.3. The van der Waals surface area contributed by atoms with Crippen LogP contribution in [-0.2, 0) is 19.6 Å². The summed E-state index contributed by atoms with van der Waals surface area (Å²) in [7, 11) is -3.99. The summed E-state index contributed by atoms with van der Waals surface area (Å²) in [5.41, 5.74) is 0. The maximum Gasteiger partial charge on any atom is 0.241 e. The molecule has 3 atom stereocenters. The van der Waals surface area contributed by atoms with Crippen molar-refractivity contribution < 1.29 is 27.4 Å². The van der Waals surface area contributed by atoms with E-state index in [1.165, 1.54) is 12.1 Å². The van der Waals surface area contributed by atoms with Crippen LogP contribution < -0.4 is 4.72 Å². The molecule has 0 aromatic heterocycles. The quantitative estimate of drug-likeness (QED) is 0.685. The standard InChI is InChI=1S/C19H25FN2O5S/c20-14-5-4-6-16(11-14)28(25,26)21-17-8-7-15(27-18(17)13-23)12-19(24)22-9-2-1-3-10-22/h4-8,11,15,17-18,21,23H,1-3,9-10,12-13H2/t15-,17-,18-/m1/s1. The summed E-state index contributed by atoms with van der Waals surface area (Å²) in [5, 5.41) is 9.62. The average molecular weight is 412 g/mol. The molecule has 1 saturated heterocycles. The average Bonchev–Trinajstić information content (AvgIpc) is 2.69. The molecule has 0 aliphatic carbocycles. The number of halogens is 1. The monoisotopic (exact) mass is 412 g/mol. The third kappa shape index (κ3) is 5.16. The lowest BCUT2D eigenvalue weighted by molar-refractivity contribution is -0.136. The van der Waals surface area contributed by atoms with E-state index in [0.717, 1.165) is 44.5 Å². The Kier molecular flexibility index (Phi) is 6.82. The number of amides is 1. The highest BCUT2D eigenvalue weighted by molar-refractivity contribution is 7.89. The van der Waals surface area contributed by atoms with Gasteiger partial charge in [0, 0.05) is 13.1 Å². The highest BCUT2D eigenvalue weighted by Crippen LogP contribution is 2.20. The van der Waals surface area contributed by atoms with Gasteiger partial charge < -0.3 is 14.7 Å². The van der Waals surface area contributed by atoms with Gasteiger partial charge in [0.1, 0.15) is 11.9 Å². The van der Waals surface area contributed by atoms with Gasteiger partial charge in [0.15, 0.2) is 0 Å². The lowest BCUT2D eigenvalue weighted by Crippen LogP contribution is -2.49. The molecular weight excluding hydrogens is 387 g/mol. The molecule has 0 bridgehead atoms. The number of nitrogens with zero attached hydrogens (tertiary/aromatic N) is 1. The Labute approximate surface area is 164 Å². The predicted octanol–water partition coefficient (Wildman–Crippen LogP) is 1.19. The van der Waals surface area contributed by atoms with Crippen LogP contribution in [0.3, 0.4) is 0 Å². The number of sulfonamides is 1. The fourth-order valence-corrected chi connectivity index (χ4v) is 4.69. The molecule has 7 nitrogen and oxygen atoms in total. The van der Waals surface area contributed by atoms with Crippen LogP contribution in [0.15, 0.2) is 41.3 Å². The Morgan fingerprint density at radius 2 is 2.00 bits per heavy atom. The number of nitrogens with one attached hydrogen (secondary N) is 1. The topological polar surface area (TPSA) is 95.9 Å². The number of rotatable bonds is 6. The molecule has 154 valence electrons. The lowest BCUT2D eigenvalue weighted by atomic mass is 10.0. The molecule has 0 spiro atoms. The van der Waals surface area contributed by atoms with E-state index in [9.17, 15) is 22.7 Å². The number of carbonyl (C=O) groups excluding carboxylic acids is 1. The Hall–Kier alpha value is -1.81. The Balaban J connectivity index is 1.65. The first-order valence-electron chi connectivity index (χ1n) is 9.39. The van der Waals surface area contributed by atoms with Crippen LogP contribution in [-0.4, -0.2) is 62.3 Å². The number of hydrogen-bond acceptors (Lipinski definition) is 5. The van der Waals surface area contributed by atoms with Crippen molar-refractivity contribution in [2.45, 2.75) is 48.8 Å². The number of hydrogen-bond donors (Lipinski definition) is 2. The zero-order valence-corrected chi connectivity index (χ0v) is 16.3. The number of ether oxygens (including phenoxy) is 1. The van der Waals surface area contributed by atoms with E-state index in [1.807, 2.05) is 4.90 Å². The first-order valence-corrected chi connectivity index (χ1v) is 10.9. The predicted molar refractivity (Wildman–Crippen MR) is 100 cm³/mol. The van der Waals surface area contributed by atoms with Gasteiger partial charge in [0.25, 0.3) is 0 Å².